The van der Waals surface area contributed by atoms with Crippen molar-refractivity contribution in [2.75, 3.05) is 0 Å². The monoisotopic (exact) mass is 285 g/mol. The molecule has 0 N–H and O–H groups in total. The van der Waals surface area contributed by atoms with E-state index in [0.29, 0.717) is 0 Å². The van der Waals surface area contributed by atoms with Crippen molar-refractivity contribution in [1.82, 2.24) is 0 Å². The van der Waals surface area contributed by atoms with Gasteiger partial charge in [-0.05, 0) is 35.4 Å². The standard InChI is InChI=1S/C13H7F4NO2/c14-11-7-9(4-5-12(11)18(19)20)8-2-1-3-10(6-8)13(15,16)17/h1-7H. The number of hydrogen-bond donors (Lipinski definition) is 0. The molecule has 2 rings (SSSR count). The van der Waals surface area contributed by atoms with Crippen molar-refractivity contribution in [2.24, 2.45) is 0 Å². The van der Waals surface area contributed by atoms with Crippen LogP contribution in [0.4, 0.5) is 23.2 Å². The smallest absolute Gasteiger partial charge is 0.258 e. The first-order chi connectivity index (χ1) is 9.29. The van der Waals surface area contributed by atoms with Crippen molar-refractivity contribution >= 4 is 5.69 Å². The molecule has 20 heavy (non-hydrogen) atoms. The van der Waals surface area contributed by atoms with Crippen LogP contribution in [0, 0.1) is 15.9 Å². The van der Waals surface area contributed by atoms with Crippen LogP contribution in [0.2, 0.25) is 0 Å². The maximum absolute atomic E-state index is 13.5. The fourth-order valence-corrected chi connectivity index (χ4v) is 1.71. The first kappa shape index (κ1) is 14.0. The number of halogens is 4. The number of rotatable bonds is 2. The van der Waals surface area contributed by atoms with Crippen LogP contribution in [0.3, 0.4) is 0 Å². The first-order valence-corrected chi connectivity index (χ1v) is 5.40. The molecule has 0 aliphatic heterocycles. The van der Waals surface area contributed by atoms with Gasteiger partial charge in [0.05, 0.1) is 10.5 Å². The average molecular weight is 285 g/mol. The summed E-state index contributed by atoms with van der Waals surface area (Å²) >= 11 is 0. The molecule has 0 heterocycles. The molecule has 3 nitrogen and oxygen atoms in total. The van der Waals surface area contributed by atoms with E-state index in [0.717, 1.165) is 24.3 Å². The summed E-state index contributed by atoms with van der Waals surface area (Å²) < 4.78 is 51.2. The van der Waals surface area contributed by atoms with Crippen LogP contribution >= 0.6 is 0 Å². The minimum atomic E-state index is -4.50. The lowest BCUT2D eigenvalue weighted by Gasteiger charge is -2.09. The van der Waals surface area contributed by atoms with Gasteiger partial charge in [-0.3, -0.25) is 10.1 Å². The van der Waals surface area contributed by atoms with Gasteiger partial charge in [0, 0.05) is 6.07 Å². The Balaban J connectivity index is 2.47. The van der Waals surface area contributed by atoms with Gasteiger partial charge in [-0.25, -0.2) is 0 Å². The summed E-state index contributed by atoms with van der Waals surface area (Å²) in [6.45, 7) is 0. The van der Waals surface area contributed by atoms with E-state index in [9.17, 15) is 27.7 Å². The van der Waals surface area contributed by atoms with E-state index in [-0.39, 0.29) is 11.1 Å². The number of nitro benzene ring substituents is 1. The van der Waals surface area contributed by atoms with E-state index >= 15 is 0 Å². The molecule has 0 radical (unpaired) electrons. The second-order valence-corrected chi connectivity index (χ2v) is 4.00. The quantitative estimate of drug-likeness (QED) is 0.465. The SMILES string of the molecule is O=[N+]([O-])c1ccc(-c2cccc(C(F)(F)F)c2)cc1F. The van der Waals surface area contributed by atoms with Crippen molar-refractivity contribution in [3.8, 4) is 11.1 Å². The van der Waals surface area contributed by atoms with Crippen molar-refractivity contribution in [2.45, 2.75) is 6.18 Å². The van der Waals surface area contributed by atoms with Crippen LogP contribution in [0.1, 0.15) is 5.56 Å². The highest BCUT2D eigenvalue weighted by atomic mass is 19.4. The van der Waals surface area contributed by atoms with Gasteiger partial charge in [-0.1, -0.05) is 12.1 Å². The number of nitro groups is 1. The number of benzene rings is 2. The lowest BCUT2D eigenvalue weighted by molar-refractivity contribution is -0.387. The van der Waals surface area contributed by atoms with E-state index in [1.165, 1.54) is 18.2 Å². The zero-order valence-corrected chi connectivity index (χ0v) is 9.82. The molecule has 0 aliphatic carbocycles. The molecule has 0 saturated heterocycles. The van der Waals surface area contributed by atoms with Gasteiger partial charge in [0.25, 0.3) is 0 Å². The van der Waals surface area contributed by atoms with E-state index in [2.05, 4.69) is 0 Å². The van der Waals surface area contributed by atoms with Crippen LogP contribution in [-0.2, 0) is 6.18 Å². The summed E-state index contributed by atoms with van der Waals surface area (Å²) in [6, 6.07) is 7.29. The van der Waals surface area contributed by atoms with Crippen molar-refractivity contribution < 1.29 is 22.5 Å². The third-order valence-corrected chi connectivity index (χ3v) is 2.67. The Hall–Kier alpha value is -2.44. The summed E-state index contributed by atoms with van der Waals surface area (Å²) in [4.78, 5) is 9.57. The topological polar surface area (TPSA) is 43.1 Å². The van der Waals surface area contributed by atoms with Gasteiger partial charge < -0.3 is 0 Å². The van der Waals surface area contributed by atoms with E-state index in [1.807, 2.05) is 0 Å². The van der Waals surface area contributed by atoms with Crippen molar-refractivity contribution in [3.63, 3.8) is 0 Å². The summed E-state index contributed by atoms with van der Waals surface area (Å²) in [5.41, 5.74) is -1.32. The van der Waals surface area contributed by atoms with Gasteiger partial charge in [0.15, 0.2) is 0 Å². The molecule has 0 amide bonds. The van der Waals surface area contributed by atoms with Gasteiger partial charge in [-0.2, -0.15) is 17.6 Å². The maximum atomic E-state index is 13.5. The highest BCUT2D eigenvalue weighted by Gasteiger charge is 2.30. The summed E-state index contributed by atoms with van der Waals surface area (Å²) in [7, 11) is 0. The highest BCUT2D eigenvalue weighted by Crippen LogP contribution is 2.33. The molecule has 0 spiro atoms. The molecule has 2 aromatic carbocycles. The van der Waals surface area contributed by atoms with Gasteiger partial charge in [0.2, 0.25) is 5.82 Å². The van der Waals surface area contributed by atoms with E-state index in [4.69, 9.17) is 0 Å². The average Bonchev–Trinajstić information content (AvgIpc) is 2.37. The molecule has 0 saturated carbocycles. The molecule has 0 bridgehead atoms. The molecule has 0 aromatic heterocycles. The molecule has 2 aromatic rings. The molecule has 0 aliphatic rings. The Bertz CT molecular complexity index is 668. The Labute approximate surface area is 110 Å². The van der Waals surface area contributed by atoms with E-state index in [1.54, 1.807) is 0 Å². The molecule has 0 fully saturated rings. The molecule has 104 valence electrons. The molecular formula is C13H7F4NO2. The minimum Gasteiger partial charge on any atom is -0.258 e. The second-order valence-electron chi connectivity index (χ2n) is 4.00. The predicted octanol–water partition coefficient (Wildman–Crippen LogP) is 4.42. The van der Waals surface area contributed by atoms with Crippen LogP contribution < -0.4 is 0 Å². The van der Waals surface area contributed by atoms with Crippen molar-refractivity contribution in [1.29, 1.82) is 0 Å². The predicted molar refractivity (Wildman–Crippen MR) is 63.5 cm³/mol. The minimum absolute atomic E-state index is 0.133. The Morgan fingerprint density at radius 2 is 1.65 bits per heavy atom. The van der Waals surface area contributed by atoms with Gasteiger partial charge in [0.1, 0.15) is 0 Å². The fourth-order valence-electron chi connectivity index (χ4n) is 1.71. The van der Waals surface area contributed by atoms with E-state index < -0.39 is 28.2 Å². The molecule has 0 atom stereocenters. The number of alkyl halides is 3. The fraction of sp³-hybridized carbons (Fsp3) is 0.0769. The zero-order valence-electron chi connectivity index (χ0n) is 9.82. The van der Waals surface area contributed by atoms with Crippen molar-refractivity contribution in [3.05, 3.63) is 64.0 Å². The van der Waals surface area contributed by atoms with Crippen LogP contribution in [0.25, 0.3) is 11.1 Å². The normalized spacial score (nSPS) is 11.4. The van der Waals surface area contributed by atoms with Crippen LogP contribution in [0.15, 0.2) is 42.5 Å². The largest absolute Gasteiger partial charge is 0.416 e. The first-order valence-electron chi connectivity index (χ1n) is 5.40. The lowest BCUT2D eigenvalue weighted by Crippen LogP contribution is -2.04. The third kappa shape index (κ3) is 2.76. The van der Waals surface area contributed by atoms with Crippen LogP contribution in [0.5, 0.6) is 0 Å². The Morgan fingerprint density at radius 3 is 2.20 bits per heavy atom. The third-order valence-electron chi connectivity index (χ3n) is 2.67. The molecule has 7 heteroatoms. The summed E-state index contributed by atoms with van der Waals surface area (Å²) in [5, 5.41) is 10.5. The number of nitrogens with zero attached hydrogens (tertiary/aromatic N) is 1. The van der Waals surface area contributed by atoms with Crippen LogP contribution in [-0.4, -0.2) is 4.92 Å². The molecular weight excluding hydrogens is 278 g/mol. The second kappa shape index (κ2) is 4.92. The van der Waals surface area contributed by atoms with Gasteiger partial charge in [-0.15, -0.1) is 0 Å². The molecule has 0 unspecified atom stereocenters. The number of hydrogen-bond acceptors (Lipinski definition) is 2. The lowest BCUT2D eigenvalue weighted by atomic mass is 10.0. The Kier molecular flexibility index (Phi) is 3.44. The summed E-state index contributed by atoms with van der Waals surface area (Å²) in [6.07, 6.45) is -4.50. The highest BCUT2D eigenvalue weighted by molar-refractivity contribution is 5.66. The maximum Gasteiger partial charge on any atom is 0.416 e. The van der Waals surface area contributed by atoms with Gasteiger partial charge >= 0.3 is 11.9 Å². The zero-order chi connectivity index (χ0) is 14.9. The Morgan fingerprint density at radius 1 is 1.00 bits per heavy atom. The summed E-state index contributed by atoms with van der Waals surface area (Å²) in [5.74, 6) is -1.09.